The number of hydrogen-bond acceptors (Lipinski definition) is 2. The van der Waals surface area contributed by atoms with Crippen LogP contribution in [0.15, 0.2) is 66.9 Å². The Hall–Kier alpha value is -2.95. The molecule has 0 bridgehead atoms. The summed E-state index contributed by atoms with van der Waals surface area (Å²) >= 11 is 0. The van der Waals surface area contributed by atoms with Crippen LogP contribution in [0, 0.1) is 5.82 Å². The molecule has 4 nitrogen and oxygen atoms in total. The molecule has 1 heterocycles. The van der Waals surface area contributed by atoms with E-state index in [1.54, 1.807) is 24.3 Å². The van der Waals surface area contributed by atoms with Crippen molar-refractivity contribution in [2.24, 2.45) is 0 Å². The molecule has 5 heteroatoms. The van der Waals surface area contributed by atoms with Gasteiger partial charge in [0.1, 0.15) is 5.82 Å². The Morgan fingerprint density at radius 1 is 1.09 bits per heavy atom. The number of urea groups is 1. The number of nitrogens with zero attached hydrogens (tertiary/aromatic N) is 1. The lowest BCUT2D eigenvalue weighted by Crippen LogP contribution is -2.37. The average Bonchev–Trinajstić information content (AvgIpc) is 2.56. The first-order chi connectivity index (χ1) is 11.1. The van der Waals surface area contributed by atoms with E-state index in [1.165, 1.54) is 29.3 Å². The quantitative estimate of drug-likeness (QED) is 0.915. The highest BCUT2D eigenvalue weighted by Gasteiger charge is 2.28. The SMILES string of the molecule is O=C1C=CN(C(=O)Nc2ccccc2)[C@H](c2ccc(F)cc2)C1. The van der Waals surface area contributed by atoms with Crippen molar-refractivity contribution in [2.75, 3.05) is 5.32 Å². The van der Waals surface area contributed by atoms with Crippen molar-refractivity contribution in [3.8, 4) is 0 Å². The Kier molecular flexibility index (Phi) is 4.19. The number of para-hydroxylation sites is 1. The van der Waals surface area contributed by atoms with Crippen molar-refractivity contribution in [1.29, 1.82) is 0 Å². The van der Waals surface area contributed by atoms with Gasteiger partial charge in [-0.2, -0.15) is 0 Å². The fraction of sp³-hybridized carbons (Fsp3) is 0.111. The zero-order valence-electron chi connectivity index (χ0n) is 12.3. The number of carbonyl (C=O) groups is 2. The fourth-order valence-electron chi connectivity index (χ4n) is 2.51. The standard InChI is InChI=1S/C18H15FN2O2/c19-14-8-6-13(7-9-14)17-12-16(22)10-11-21(17)18(23)20-15-4-2-1-3-5-15/h1-11,17H,12H2,(H,20,23)/t17-/m0/s1. The van der Waals surface area contributed by atoms with Crippen LogP contribution in [0.1, 0.15) is 18.0 Å². The molecule has 3 rings (SSSR count). The van der Waals surface area contributed by atoms with Crippen molar-refractivity contribution in [2.45, 2.75) is 12.5 Å². The van der Waals surface area contributed by atoms with Crippen LogP contribution in [0.3, 0.4) is 0 Å². The largest absolute Gasteiger partial charge is 0.326 e. The van der Waals surface area contributed by atoms with Crippen LogP contribution < -0.4 is 5.32 Å². The molecule has 23 heavy (non-hydrogen) atoms. The molecule has 1 N–H and O–H groups in total. The van der Waals surface area contributed by atoms with Gasteiger partial charge in [-0.1, -0.05) is 30.3 Å². The lowest BCUT2D eigenvalue weighted by Gasteiger charge is -2.31. The molecule has 2 aromatic rings. The van der Waals surface area contributed by atoms with E-state index < -0.39 is 6.04 Å². The van der Waals surface area contributed by atoms with Gasteiger partial charge >= 0.3 is 6.03 Å². The minimum absolute atomic E-state index is 0.0666. The van der Waals surface area contributed by atoms with E-state index in [2.05, 4.69) is 5.32 Å². The Morgan fingerprint density at radius 3 is 2.48 bits per heavy atom. The lowest BCUT2D eigenvalue weighted by molar-refractivity contribution is -0.116. The smallest absolute Gasteiger partial charge is 0.308 e. The number of anilines is 1. The molecule has 0 saturated heterocycles. The van der Waals surface area contributed by atoms with Gasteiger partial charge in [-0.15, -0.1) is 0 Å². The number of halogens is 1. The first-order valence-electron chi connectivity index (χ1n) is 7.24. The maximum absolute atomic E-state index is 13.1. The molecule has 1 aliphatic rings. The van der Waals surface area contributed by atoms with Crippen LogP contribution in [0.4, 0.5) is 14.9 Å². The molecule has 2 amide bonds. The second-order valence-electron chi connectivity index (χ2n) is 5.26. The van der Waals surface area contributed by atoms with Gasteiger partial charge in [-0.05, 0) is 35.9 Å². The van der Waals surface area contributed by atoms with Crippen molar-refractivity contribution in [1.82, 2.24) is 4.90 Å². The minimum atomic E-state index is -0.447. The van der Waals surface area contributed by atoms with Crippen LogP contribution in [0.25, 0.3) is 0 Å². The van der Waals surface area contributed by atoms with Crippen molar-refractivity contribution < 1.29 is 14.0 Å². The second kappa shape index (κ2) is 6.44. The van der Waals surface area contributed by atoms with Gasteiger partial charge in [0.05, 0.1) is 6.04 Å². The van der Waals surface area contributed by atoms with Crippen LogP contribution in [0.2, 0.25) is 0 Å². The van der Waals surface area contributed by atoms with Crippen molar-refractivity contribution in [3.05, 3.63) is 78.3 Å². The zero-order valence-corrected chi connectivity index (χ0v) is 12.3. The summed E-state index contributed by atoms with van der Waals surface area (Å²) in [5.74, 6) is -0.421. The Labute approximate surface area is 133 Å². The average molecular weight is 310 g/mol. The maximum atomic E-state index is 13.1. The molecule has 1 aliphatic heterocycles. The number of ketones is 1. The number of allylic oxidation sites excluding steroid dienone is 1. The molecule has 0 aromatic heterocycles. The summed E-state index contributed by atoms with van der Waals surface area (Å²) in [4.78, 5) is 25.7. The van der Waals surface area contributed by atoms with E-state index >= 15 is 0 Å². The third kappa shape index (κ3) is 3.45. The van der Waals surface area contributed by atoms with Gasteiger partial charge in [0, 0.05) is 18.3 Å². The first-order valence-corrected chi connectivity index (χ1v) is 7.24. The molecule has 0 aliphatic carbocycles. The summed E-state index contributed by atoms with van der Waals surface area (Å²) < 4.78 is 13.1. The molecular formula is C18H15FN2O2. The van der Waals surface area contributed by atoms with Gasteiger partial charge in [-0.3, -0.25) is 9.69 Å². The summed E-state index contributed by atoms with van der Waals surface area (Å²) in [7, 11) is 0. The molecule has 0 unspecified atom stereocenters. The van der Waals surface area contributed by atoms with E-state index in [9.17, 15) is 14.0 Å². The summed E-state index contributed by atoms with van der Waals surface area (Å²) in [6.45, 7) is 0. The van der Waals surface area contributed by atoms with E-state index in [0.29, 0.717) is 11.3 Å². The number of hydrogen-bond donors (Lipinski definition) is 1. The molecule has 2 aromatic carbocycles. The Balaban J connectivity index is 1.85. The van der Waals surface area contributed by atoms with Crippen LogP contribution >= 0.6 is 0 Å². The van der Waals surface area contributed by atoms with E-state index in [4.69, 9.17) is 0 Å². The van der Waals surface area contributed by atoms with E-state index in [-0.39, 0.29) is 24.1 Å². The maximum Gasteiger partial charge on any atom is 0.326 e. The van der Waals surface area contributed by atoms with Gasteiger partial charge in [0.25, 0.3) is 0 Å². The number of nitrogens with one attached hydrogen (secondary N) is 1. The summed E-state index contributed by atoms with van der Waals surface area (Å²) in [6, 6.07) is 14.1. The van der Waals surface area contributed by atoms with Gasteiger partial charge < -0.3 is 5.32 Å². The molecule has 0 radical (unpaired) electrons. The molecule has 0 fully saturated rings. The molecule has 1 atom stereocenters. The van der Waals surface area contributed by atoms with Gasteiger partial charge in [0.2, 0.25) is 0 Å². The van der Waals surface area contributed by atoms with E-state index in [0.717, 1.165) is 0 Å². The lowest BCUT2D eigenvalue weighted by atomic mass is 9.97. The predicted molar refractivity (Wildman–Crippen MR) is 85.2 cm³/mol. The summed E-state index contributed by atoms with van der Waals surface area (Å²) in [6.07, 6.45) is 3.02. The molecule has 0 spiro atoms. The molecule has 0 saturated carbocycles. The fourth-order valence-corrected chi connectivity index (χ4v) is 2.51. The first kappa shape index (κ1) is 15.0. The predicted octanol–water partition coefficient (Wildman–Crippen LogP) is 3.89. The highest BCUT2D eigenvalue weighted by molar-refractivity contribution is 5.95. The zero-order chi connectivity index (χ0) is 16.2. The number of carbonyl (C=O) groups excluding carboxylic acids is 2. The van der Waals surface area contributed by atoms with Crippen molar-refractivity contribution >= 4 is 17.5 Å². The third-order valence-corrected chi connectivity index (χ3v) is 3.67. The van der Waals surface area contributed by atoms with Crippen LogP contribution in [0.5, 0.6) is 0 Å². The molecular weight excluding hydrogens is 295 g/mol. The Morgan fingerprint density at radius 2 is 1.78 bits per heavy atom. The van der Waals surface area contributed by atoms with Crippen LogP contribution in [-0.4, -0.2) is 16.7 Å². The normalized spacial score (nSPS) is 17.2. The number of rotatable bonds is 2. The van der Waals surface area contributed by atoms with E-state index in [1.807, 2.05) is 18.2 Å². The van der Waals surface area contributed by atoms with Gasteiger partial charge in [-0.25, -0.2) is 9.18 Å². The second-order valence-corrected chi connectivity index (χ2v) is 5.26. The summed E-state index contributed by atoms with van der Waals surface area (Å²) in [5, 5.41) is 2.79. The van der Waals surface area contributed by atoms with Crippen LogP contribution in [-0.2, 0) is 4.79 Å². The van der Waals surface area contributed by atoms with Gasteiger partial charge in [0.15, 0.2) is 5.78 Å². The Bertz CT molecular complexity index is 741. The highest BCUT2D eigenvalue weighted by atomic mass is 19.1. The third-order valence-electron chi connectivity index (χ3n) is 3.67. The summed E-state index contributed by atoms with van der Waals surface area (Å²) in [5.41, 5.74) is 1.38. The minimum Gasteiger partial charge on any atom is -0.308 e. The van der Waals surface area contributed by atoms with Crippen molar-refractivity contribution in [3.63, 3.8) is 0 Å². The number of amides is 2. The number of benzene rings is 2. The highest BCUT2D eigenvalue weighted by Crippen LogP contribution is 2.29. The molecule has 116 valence electrons. The topological polar surface area (TPSA) is 49.4 Å². The monoisotopic (exact) mass is 310 g/mol.